The molecule has 0 amide bonds. The molecule has 0 aliphatic heterocycles. The molecule has 0 spiro atoms. The lowest BCUT2D eigenvalue weighted by molar-refractivity contribution is -0.143. The van der Waals surface area contributed by atoms with E-state index in [-0.39, 0.29) is 12.5 Å². The highest BCUT2D eigenvalue weighted by atomic mass is 19.4. The van der Waals surface area contributed by atoms with Gasteiger partial charge in [-0.3, -0.25) is 9.78 Å². The number of imidazole rings is 1. The summed E-state index contributed by atoms with van der Waals surface area (Å²) < 4.78 is 47.1. The summed E-state index contributed by atoms with van der Waals surface area (Å²) in [5, 5.41) is 11.1. The van der Waals surface area contributed by atoms with Gasteiger partial charge in [0.2, 0.25) is 0 Å². The first kappa shape index (κ1) is 30.4. The third-order valence-electron chi connectivity index (χ3n) is 8.89. The summed E-state index contributed by atoms with van der Waals surface area (Å²) in [7, 11) is 0. The summed E-state index contributed by atoms with van der Waals surface area (Å²) in [6, 6.07) is 27.6. The molecule has 7 nitrogen and oxygen atoms in total. The Kier molecular flexibility index (Phi) is 8.09. The highest BCUT2D eigenvalue weighted by Crippen LogP contribution is 2.39. The van der Waals surface area contributed by atoms with Gasteiger partial charge in [-0.05, 0) is 54.3 Å². The SMILES string of the molecule is O=C(O)[C@@H]1CCCC[C@@H]1c1nc2cc(OCc3ccc4ccccc4n3)ccc2n1Cc1ccc(-c2ccc(C(F)(F)F)nc2)cc1. The zero-order valence-corrected chi connectivity index (χ0v) is 25.3. The van der Waals surface area contributed by atoms with Crippen LogP contribution in [-0.4, -0.2) is 30.6 Å². The van der Waals surface area contributed by atoms with E-state index in [1.807, 2.05) is 78.9 Å². The fraction of sp³-hybridized carbons (Fsp3) is 0.243. The molecule has 7 rings (SSSR count). The minimum atomic E-state index is -4.49. The summed E-state index contributed by atoms with van der Waals surface area (Å²) in [5.74, 6) is -0.205. The predicted molar refractivity (Wildman–Crippen MR) is 172 cm³/mol. The molecular weight excluding hydrogens is 605 g/mol. The molecule has 3 aromatic carbocycles. The first-order chi connectivity index (χ1) is 22.7. The smallest absolute Gasteiger partial charge is 0.433 e. The van der Waals surface area contributed by atoms with Crippen LogP contribution in [0.5, 0.6) is 5.75 Å². The molecule has 0 bridgehead atoms. The molecule has 2 atom stereocenters. The molecule has 3 heterocycles. The number of hydrogen-bond acceptors (Lipinski definition) is 5. The molecule has 6 aromatic rings. The Hall–Kier alpha value is -5.25. The molecule has 1 fully saturated rings. The Balaban J connectivity index is 1.18. The largest absolute Gasteiger partial charge is 0.487 e. The van der Waals surface area contributed by atoms with Crippen molar-refractivity contribution in [1.82, 2.24) is 19.5 Å². The van der Waals surface area contributed by atoms with Gasteiger partial charge in [0.1, 0.15) is 23.9 Å². The highest BCUT2D eigenvalue weighted by molar-refractivity contribution is 5.79. The first-order valence-corrected chi connectivity index (χ1v) is 15.6. The van der Waals surface area contributed by atoms with E-state index in [0.717, 1.165) is 64.4 Å². The van der Waals surface area contributed by atoms with Gasteiger partial charge in [0, 0.05) is 35.7 Å². The van der Waals surface area contributed by atoms with Gasteiger partial charge in [-0.25, -0.2) is 9.97 Å². The van der Waals surface area contributed by atoms with E-state index in [2.05, 4.69) is 9.55 Å². The number of carboxylic acid groups (broad SMARTS) is 1. The van der Waals surface area contributed by atoms with Crippen molar-refractivity contribution in [2.75, 3.05) is 0 Å². The summed E-state index contributed by atoms with van der Waals surface area (Å²) in [4.78, 5) is 25.6. The Morgan fingerprint density at radius 1 is 0.872 bits per heavy atom. The number of ether oxygens (including phenoxy) is 1. The number of aliphatic carboxylic acids is 1. The number of benzene rings is 3. The quantitative estimate of drug-likeness (QED) is 0.180. The number of alkyl halides is 3. The van der Waals surface area contributed by atoms with E-state index in [0.29, 0.717) is 29.8 Å². The van der Waals surface area contributed by atoms with Gasteiger partial charge < -0.3 is 14.4 Å². The second-order valence-electron chi connectivity index (χ2n) is 12.0. The zero-order chi connectivity index (χ0) is 32.5. The molecule has 1 aliphatic rings. The molecule has 47 heavy (non-hydrogen) atoms. The van der Waals surface area contributed by atoms with Crippen molar-refractivity contribution in [1.29, 1.82) is 0 Å². The van der Waals surface area contributed by atoms with E-state index < -0.39 is 23.8 Å². The number of carboxylic acids is 1. The molecule has 10 heteroatoms. The summed E-state index contributed by atoms with van der Waals surface area (Å²) in [5.41, 5.74) is 4.61. The predicted octanol–water partition coefficient (Wildman–Crippen LogP) is 8.65. The molecular formula is C37H31F3N4O3. The van der Waals surface area contributed by atoms with Gasteiger partial charge >= 0.3 is 12.1 Å². The Bertz CT molecular complexity index is 2060. The van der Waals surface area contributed by atoms with E-state index >= 15 is 0 Å². The van der Waals surface area contributed by atoms with Gasteiger partial charge in [0.05, 0.1) is 28.2 Å². The Morgan fingerprint density at radius 2 is 1.66 bits per heavy atom. The van der Waals surface area contributed by atoms with Crippen molar-refractivity contribution in [2.24, 2.45) is 5.92 Å². The van der Waals surface area contributed by atoms with Crippen molar-refractivity contribution in [3.8, 4) is 16.9 Å². The molecule has 0 saturated heterocycles. The number of rotatable bonds is 8. The number of pyridine rings is 2. The average molecular weight is 637 g/mol. The monoisotopic (exact) mass is 636 g/mol. The number of nitrogens with zero attached hydrogens (tertiary/aromatic N) is 4. The lowest BCUT2D eigenvalue weighted by Crippen LogP contribution is -2.27. The standard InChI is InChI=1S/C37H31F3N4O3/c38-37(39,40)34-18-14-26(20-41-34)24-11-9-23(10-12-24)21-44-33-17-16-28(47-22-27-15-13-25-5-1-4-8-31(25)42-27)19-32(33)43-35(44)29-6-2-3-7-30(29)36(45)46/h1,4-5,8-20,29-30H,2-3,6-7,21-22H2,(H,45,46)/t29-,30+/m0/s1. The first-order valence-electron chi connectivity index (χ1n) is 15.6. The number of fused-ring (bicyclic) bond motifs is 2. The fourth-order valence-corrected chi connectivity index (χ4v) is 6.47. The van der Waals surface area contributed by atoms with Crippen molar-refractivity contribution >= 4 is 27.9 Å². The normalized spacial score (nSPS) is 16.8. The van der Waals surface area contributed by atoms with Gasteiger partial charge in [-0.15, -0.1) is 0 Å². The zero-order valence-electron chi connectivity index (χ0n) is 25.3. The maximum atomic E-state index is 13.0. The van der Waals surface area contributed by atoms with Crippen LogP contribution in [0.4, 0.5) is 13.2 Å². The van der Waals surface area contributed by atoms with Crippen molar-refractivity contribution in [2.45, 2.75) is 50.9 Å². The summed E-state index contributed by atoms with van der Waals surface area (Å²) in [6.45, 7) is 0.732. The van der Waals surface area contributed by atoms with E-state index in [1.54, 1.807) is 0 Å². The molecule has 1 aliphatic carbocycles. The Labute approximate surface area is 268 Å². The van der Waals surface area contributed by atoms with Crippen LogP contribution < -0.4 is 4.74 Å². The number of hydrogen-bond donors (Lipinski definition) is 1. The van der Waals surface area contributed by atoms with Gasteiger partial charge in [0.25, 0.3) is 0 Å². The third kappa shape index (κ3) is 6.40. The number of halogens is 3. The Morgan fingerprint density at radius 3 is 2.43 bits per heavy atom. The maximum Gasteiger partial charge on any atom is 0.433 e. The molecule has 1 saturated carbocycles. The minimum Gasteiger partial charge on any atom is -0.487 e. The topological polar surface area (TPSA) is 90.1 Å². The van der Waals surface area contributed by atoms with E-state index in [1.165, 1.54) is 12.3 Å². The molecule has 0 radical (unpaired) electrons. The molecule has 238 valence electrons. The van der Waals surface area contributed by atoms with Gasteiger partial charge in [-0.1, -0.05) is 67.4 Å². The van der Waals surface area contributed by atoms with Crippen molar-refractivity contribution in [3.05, 3.63) is 120 Å². The summed E-state index contributed by atoms with van der Waals surface area (Å²) >= 11 is 0. The highest BCUT2D eigenvalue weighted by Gasteiger charge is 2.35. The number of para-hydroxylation sites is 1. The lowest BCUT2D eigenvalue weighted by Gasteiger charge is -2.28. The number of carbonyl (C=O) groups is 1. The van der Waals surface area contributed by atoms with Crippen LogP contribution in [0.2, 0.25) is 0 Å². The van der Waals surface area contributed by atoms with Crippen LogP contribution >= 0.6 is 0 Å². The van der Waals surface area contributed by atoms with E-state index in [4.69, 9.17) is 14.7 Å². The van der Waals surface area contributed by atoms with Crippen LogP contribution in [0.3, 0.4) is 0 Å². The number of aromatic nitrogens is 4. The van der Waals surface area contributed by atoms with Crippen LogP contribution in [0.15, 0.2) is 97.2 Å². The lowest BCUT2D eigenvalue weighted by atomic mass is 9.78. The second kappa shape index (κ2) is 12.5. The third-order valence-corrected chi connectivity index (χ3v) is 8.89. The molecule has 0 unspecified atom stereocenters. The fourth-order valence-electron chi connectivity index (χ4n) is 6.47. The maximum absolute atomic E-state index is 13.0. The van der Waals surface area contributed by atoms with Crippen LogP contribution in [0, 0.1) is 5.92 Å². The van der Waals surface area contributed by atoms with Crippen molar-refractivity contribution < 1.29 is 27.8 Å². The minimum absolute atomic E-state index is 0.239. The van der Waals surface area contributed by atoms with Gasteiger partial charge in [0.15, 0.2) is 0 Å². The van der Waals surface area contributed by atoms with Crippen LogP contribution in [0.1, 0.15) is 54.4 Å². The van der Waals surface area contributed by atoms with Crippen LogP contribution in [0.25, 0.3) is 33.1 Å². The van der Waals surface area contributed by atoms with Crippen LogP contribution in [-0.2, 0) is 24.1 Å². The van der Waals surface area contributed by atoms with Gasteiger partial charge in [-0.2, -0.15) is 13.2 Å². The summed E-state index contributed by atoms with van der Waals surface area (Å²) in [6.07, 6.45) is -0.129. The average Bonchev–Trinajstić information content (AvgIpc) is 3.44. The van der Waals surface area contributed by atoms with E-state index in [9.17, 15) is 23.1 Å². The van der Waals surface area contributed by atoms with Crippen molar-refractivity contribution in [3.63, 3.8) is 0 Å². The second-order valence-corrected chi connectivity index (χ2v) is 12.0. The molecule has 3 aromatic heterocycles. The molecule has 1 N–H and O–H groups in total.